The number of carbonyl (C=O) groups is 2. The largest absolute Gasteiger partial charge is 0.351 e. The van der Waals surface area contributed by atoms with E-state index in [-0.39, 0.29) is 5.91 Å². The molecule has 0 aliphatic heterocycles. The number of amides is 3. The third kappa shape index (κ3) is 3.16. The van der Waals surface area contributed by atoms with Crippen LogP contribution in [0.2, 0.25) is 0 Å². The number of urea groups is 1. The molecule has 0 spiro atoms. The molecule has 0 bridgehead atoms. The Morgan fingerprint density at radius 3 is 2.25 bits per heavy atom. The zero-order valence-electron chi connectivity index (χ0n) is 15.4. The van der Waals surface area contributed by atoms with Crippen LogP contribution in [0.5, 0.6) is 0 Å². The first-order chi connectivity index (χ1) is 13.6. The van der Waals surface area contributed by atoms with Gasteiger partial charge in [-0.25, -0.2) is 4.79 Å². The van der Waals surface area contributed by atoms with Crippen LogP contribution in [0.25, 0.3) is 21.8 Å². The van der Waals surface area contributed by atoms with Gasteiger partial charge >= 0.3 is 6.03 Å². The summed E-state index contributed by atoms with van der Waals surface area (Å²) in [6, 6.07) is 20.1. The summed E-state index contributed by atoms with van der Waals surface area (Å²) in [6.45, 7) is 3.00. The van der Waals surface area contributed by atoms with Crippen LogP contribution in [0.3, 0.4) is 0 Å². The zero-order valence-corrected chi connectivity index (χ0v) is 15.4. The Bertz CT molecular complexity index is 1190. The Balaban J connectivity index is 1.63. The number of anilines is 2. The molecular weight excluding hydrogens is 352 g/mol. The summed E-state index contributed by atoms with van der Waals surface area (Å²) in [4.78, 5) is 23.5. The van der Waals surface area contributed by atoms with E-state index in [1.165, 1.54) is 5.52 Å². The molecule has 6 nitrogen and oxygen atoms in total. The fourth-order valence-corrected chi connectivity index (χ4v) is 3.52. The van der Waals surface area contributed by atoms with Gasteiger partial charge in [-0.15, -0.1) is 0 Å². The monoisotopic (exact) mass is 372 g/mol. The Kier molecular flexibility index (Phi) is 4.45. The lowest BCUT2D eigenvalue weighted by atomic mass is 10.1. The summed E-state index contributed by atoms with van der Waals surface area (Å²) >= 11 is 0. The SMILES string of the molecule is CCn1c2ccccc2c2cc(NC(=O)c3ccc(NC(N)=O)cc3)ccc21. The molecule has 4 aromatic rings. The number of rotatable bonds is 4. The lowest BCUT2D eigenvalue weighted by Crippen LogP contribution is -2.19. The third-order valence-electron chi connectivity index (χ3n) is 4.76. The van der Waals surface area contributed by atoms with Gasteiger partial charge in [0.2, 0.25) is 0 Å². The number of benzene rings is 3. The van der Waals surface area contributed by atoms with E-state index in [9.17, 15) is 9.59 Å². The zero-order chi connectivity index (χ0) is 19.7. The maximum absolute atomic E-state index is 12.6. The van der Waals surface area contributed by atoms with Crippen molar-refractivity contribution in [1.29, 1.82) is 0 Å². The van der Waals surface area contributed by atoms with Crippen LogP contribution in [0, 0.1) is 0 Å². The summed E-state index contributed by atoms with van der Waals surface area (Å²) in [7, 11) is 0. The predicted molar refractivity (Wildman–Crippen MR) is 113 cm³/mol. The molecule has 140 valence electrons. The molecule has 3 aromatic carbocycles. The first-order valence-corrected chi connectivity index (χ1v) is 9.05. The highest BCUT2D eigenvalue weighted by Gasteiger charge is 2.11. The van der Waals surface area contributed by atoms with Crippen molar-refractivity contribution in [1.82, 2.24) is 4.57 Å². The van der Waals surface area contributed by atoms with Crippen molar-refractivity contribution < 1.29 is 9.59 Å². The number of hydrogen-bond acceptors (Lipinski definition) is 2. The molecule has 0 aliphatic carbocycles. The lowest BCUT2D eigenvalue weighted by molar-refractivity contribution is 0.102. The van der Waals surface area contributed by atoms with Crippen LogP contribution in [0.15, 0.2) is 66.7 Å². The van der Waals surface area contributed by atoms with Crippen molar-refractivity contribution >= 4 is 45.1 Å². The van der Waals surface area contributed by atoms with Gasteiger partial charge in [-0.2, -0.15) is 0 Å². The molecule has 4 N–H and O–H groups in total. The summed E-state index contributed by atoms with van der Waals surface area (Å²) in [5.41, 5.74) is 9.18. The Morgan fingerprint density at radius 1 is 0.857 bits per heavy atom. The third-order valence-corrected chi connectivity index (χ3v) is 4.76. The van der Waals surface area contributed by atoms with Crippen molar-refractivity contribution in [2.45, 2.75) is 13.5 Å². The molecule has 0 aliphatic rings. The minimum atomic E-state index is -0.642. The van der Waals surface area contributed by atoms with Gasteiger partial charge in [-0.1, -0.05) is 18.2 Å². The normalized spacial score (nSPS) is 10.9. The summed E-state index contributed by atoms with van der Waals surface area (Å²) < 4.78 is 2.26. The van der Waals surface area contributed by atoms with Crippen molar-refractivity contribution in [3.8, 4) is 0 Å². The van der Waals surface area contributed by atoms with Crippen LogP contribution < -0.4 is 16.4 Å². The summed E-state index contributed by atoms with van der Waals surface area (Å²) in [6.07, 6.45) is 0. The van der Waals surface area contributed by atoms with E-state index in [2.05, 4.69) is 34.3 Å². The van der Waals surface area contributed by atoms with Crippen molar-refractivity contribution in [3.63, 3.8) is 0 Å². The fraction of sp³-hybridized carbons (Fsp3) is 0.0909. The summed E-state index contributed by atoms with van der Waals surface area (Å²) in [5.74, 6) is -0.218. The van der Waals surface area contributed by atoms with E-state index in [0.29, 0.717) is 11.3 Å². The molecule has 0 atom stereocenters. The molecule has 0 fully saturated rings. The molecule has 4 rings (SSSR count). The van der Waals surface area contributed by atoms with Gasteiger partial charge in [0.15, 0.2) is 0 Å². The number of fused-ring (bicyclic) bond motifs is 3. The number of nitrogens with two attached hydrogens (primary N) is 1. The molecule has 1 aromatic heterocycles. The number of para-hydroxylation sites is 1. The number of carbonyl (C=O) groups excluding carboxylic acids is 2. The second-order valence-corrected chi connectivity index (χ2v) is 6.51. The second-order valence-electron chi connectivity index (χ2n) is 6.51. The lowest BCUT2D eigenvalue weighted by Gasteiger charge is -2.08. The van der Waals surface area contributed by atoms with Crippen LogP contribution >= 0.6 is 0 Å². The Morgan fingerprint density at radius 2 is 1.54 bits per heavy atom. The predicted octanol–water partition coefficient (Wildman–Crippen LogP) is 4.56. The molecule has 0 unspecified atom stereocenters. The molecule has 0 saturated carbocycles. The molecule has 0 saturated heterocycles. The van der Waals surface area contributed by atoms with Gasteiger partial charge < -0.3 is 20.9 Å². The maximum atomic E-state index is 12.6. The van der Waals surface area contributed by atoms with E-state index in [1.54, 1.807) is 24.3 Å². The van der Waals surface area contributed by atoms with E-state index in [1.807, 2.05) is 30.3 Å². The van der Waals surface area contributed by atoms with E-state index in [0.717, 1.165) is 28.5 Å². The topological polar surface area (TPSA) is 89.2 Å². The number of nitrogens with one attached hydrogen (secondary N) is 2. The highest BCUT2D eigenvalue weighted by Crippen LogP contribution is 2.31. The number of aryl methyl sites for hydroxylation is 1. The minimum absolute atomic E-state index is 0.218. The van der Waals surface area contributed by atoms with Crippen molar-refractivity contribution in [2.24, 2.45) is 5.73 Å². The molecule has 0 radical (unpaired) electrons. The van der Waals surface area contributed by atoms with E-state index < -0.39 is 6.03 Å². The number of aromatic nitrogens is 1. The van der Waals surface area contributed by atoms with Gasteiger partial charge in [0.1, 0.15) is 0 Å². The van der Waals surface area contributed by atoms with Gasteiger partial charge in [0, 0.05) is 45.3 Å². The van der Waals surface area contributed by atoms with E-state index >= 15 is 0 Å². The molecule has 28 heavy (non-hydrogen) atoms. The quantitative estimate of drug-likeness (QED) is 0.490. The van der Waals surface area contributed by atoms with Crippen molar-refractivity contribution in [2.75, 3.05) is 10.6 Å². The van der Waals surface area contributed by atoms with Crippen molar-refractivity contribution in [3.05, 3.63) is 72.3 Å². The van der Waals surface area contributed by atoms with Crippen LogP contribution in [0.4, 0.5) is 16.2 Å². The molecular formula is C22H20N4O2. The standard InChI is InChI=1S/C22H20N4O2/c1-2-26-19-6-4-3-5-17(19)18-13-16(11-12-20(18)26)24-21(27)14-7-9-15(10-8-14)25-22(23)28/h3-13H,2H2,1H3,(H,24,27)(H3,23,25,28). The number of hydrogen-bond donors (Lipinski definition) is 3. The maximum Gasteiger partial charge on any atom is 0.316 e. The average Bonchev–Trinajstić information content (AvgIpc) is 3.01. The summed E-state index contributed by atoms with van der Waals surface area (Å²) in [5, 5.41) is 7.68. The van der Waals surface area contributed by atoms with Gasteiger partial charge in [0.05, 0.1) is 0 Å². The highest BCUT2D eigenvalue weighted by molar-refractivity contribution is 6.11. The van der Waals surface area contributed by atoms with E-state index in [4.69, 9.17) is 5.73 Å². The Labute approximate surface area is 161 Å². The Hall–Kier alpha value is -3.80. The van der Waals surface area contributed by atoms with Crippen LogP contribution in [-0.4, -0.2) is 16.5 Å². The number of primary amides is 1. The van der Waals surface area contributed by atoms with Gasteiger partial charge in [0.25, 0.3) is 5.91 Å². The second kappa shape index (κ2) is 7.08. The molecule has 1 heterocycles. The smallest absolute Gasteiger partial charge is 0.316 e. The first-order valence-electron chi connectivity index (χ1n) is 9.05. The van der Waals surface area contributed by atoms with Gasteiger partial charge in [-0.3, -0.25) is 4.79 Å². The van der Waals surface area contributed by atoms with Crippen LogP contribution in [0.1, 0.15) is 17.3 Å². The fourth-order valence-electron chi connectivity index (χ4n) is 3.52. The minimum Gasteiger partial charge on any atom is -0.351 e. The van der Waals surface area contributed by atoms with Gasteiger partial charge in [-0.05, 0) is 55.5 Å². The first kappa shape index (κ1) is 17.6. The average molecular weight is 372 g/mol. The molecule has 6 heteroatoms. The number of nitrogens with zero attached hydrogens (tertiary/aromatic N) is 1. The highest BCUT2D eigenvalue weighted by atomic mass is 16.2. The molecule has 3 amide bonds. The van der Waals surface area contributed by atoms with Crippen LogP contribution in [-0.2, 0) is 6.54 Å².